The first kappa shape index (κ1) is 12.9. The van der Waals surface area contributed by atoms with E-state index < -0.39 is 5.60 Å². The van der Waals surface area contributed by atoms with E-state index in [1.165, 1.54) is 19.3 Å². The summed E-state index contributed by atoms with van der Waals surface area (Å²) >= 11 is 0. The van der Waals surface area contributed by atoms with Crippen LogP contribution in [0.1, 0.15) is 39.0 Å². The molecule has 0 aliphatic carbocycles. The second kappa shape index (κ2) is 6.46. The van der Waals surface area contributed by atoms with Gasteiger partial charge in [-0.2, -0.15) is 0 Å². The number of hydrogen-bond donors (Lipinski definition) is 2. The molecule has 0 spiro atoms. The molecule has 0 atom stereocenters. The molecule has 0 amide bonds. The zero-order valence-corrected chi connectivity index (χ0v) is 10.3. The molecule has 1 aliphatic rings. The fraction of sp³-hybridized carbons (Fsp3) is 1.00. The highest BCUT2D eigenvalue weighted by Crippen LogP contribution is 2.18. The Morgan fingerprint density at radius 3 is 2.53 bits per heavy atom. The van der Waals surface area contributed by atoms with Crippen molar-refractivity contribution in [3.05, 3.63) is 0 Å². The van der Waals surface area contributed by atoms with Crippen molar-refractivity contribution in [2.45, 2.75) is 44.6 Å². The number of hydrogen-bond acceptors (Lipinski definition) is 3. The molecular formula is C12H26N2O. The van der Waals surface area contributed by atoms with Gasteiger partial charge in [0.1, 0.15) is 0 Å². The second-order valence-corrected chi connectivity index (χ2v) is 4.92. The van der Waals surface area contributed by atoms with Crippen LogP contribution in [0.3, 0.4) is 0 Å². The Labute approximate surface area is 93.9 Å². The second-order valence-electron chi connectivity index (χ2n) is 4.92. The van der Waals surface area contributed by atoms with Crippen LogP contribution in [0.15, 0.2) is 0 Å². The Morgan fingerprint density at radius 2 is 1.93 bits per heavy atom. The first-order valence-electron chi connectivity index (χ1n) is 6.28. The van der Waals surface area contributed by atoms with Gasteiger partial charge in [-0.15, -0.1) is 0 Å². The van der Waals surface area contributed by atoms with Crippen molar-refractivity contribution in [1.82, 2.24) is 10.2 Å². The van der Waals surface area contributed by atoms with Crippen LogP contribution in [-0.2, 0) is 0 Å². The quantitative estimate of drug-likeness (QED) is 0.653. The first-order valence-corrected chi connectivity index (χ1v) is 6.28. The van der Waals surface area contributed by atoms with Crippen molar-refractivity contribution in [2.75, 3.05) is 33.2 Å². The van der Waals surface area contributed by atoms with Crippen molar-refractivity contribution < 1.29 is 5.11 Å². The lowest BCUT2D eigenvalue weighted by Crippen LogP contribution is -2.49. The summed E-state index contributed by atoms with van der Waals surface area (Å²) < 4.78 is 0. The molecule has 1 rings (SSSR count). The maximum atomic E-state index is 10.3. The van der Waals surface area contributed by atoms with Crippen LogP contribution >= 0.6 is 0 Å². The number of piperidine rings is 1. The van der Waals surface area contributed by atoms with E-state index in [2.05, 4.69) is 24.2 Å². The Kier molecular flexibility index (Phi) is 5.58. The highest BCUT2D eigenvalue weighted by molar-refractivity contribution is 4.86. The van der Waals surface area contributed by atoms with Crippen molar-refractivity contribution in [1.29, 1.82) is 0 Å². The lowest BCUT2D eigenvalue weighted by Gasteiger charge is -2.35. The number of nitrogens with one attached hydrogen (secondary N) is 1. The molecule has 90 valence electrons. The van der Waals surface area contributed by atoms with E-state index in [4.69, 9.17) is 0 Å². The zero-order valence-electron chi connectivity index (χ0n) is 10.3. The Morgan fingerprint density at radius 1 is 1.27 bits per heavy atom. The van der Waals surface area contributed by atoms with Gasteiger partial charge in [0.2, 0.25) is 0 Å². The highest BCUT2D eigenvalue weighted by Gasteiger charge is 2.29. The van der Waals surface area contributed by atoms with Crippen molar-refractivity contribution >= 4 is 0 Å². The summed E-state index contributed by atoms with van der Waals surface area (Å²) in [7, 11) is 2.12. The summed E-state index contributed by atoms with van der Waals surface area (Å²) in [5.74, 6) is 0. The summed E-state index contributed by atoms with van der Waals surface area (Å²) in [4.78, 5) is 2.28. The Hall–Kier alpha value is -0.120. The minimum absolute atomic E-state index is 0.438. The fourth-order valence-corrected chi connectivity index (χ4v) is 2.26. The average Bonchev–Trinajstić information content (AvgIpc) is 2.18. The lowest BCUT2D eigenvalue weighted by atomic mass is 9.92. The molecule has 3 heteroatoms. The molecule has 0 radical (unpaired) electrons. The van der Waals surface area contributed by atoms with Crippen LogP contribution in [-0.4, -0.2) is 48.8 Å². The third-order valence-corrected chi connectivity index (χ3v) is 3.24. The Balaban J connectivity index is 2.20. The highest BCUT2D eigenvalue weighted by atomic mass is 16.3. The topological polar surface area (TPSA) is 35.5 Å². The molecule has 0 aromatic carbocycles. The van der Waals surface area contributed by atoms with E-state index >= 15 is 0 Å². The summed E-state index contributed by atoms with van der Waals surface area (Å²) in [6.45, 7) is 6.08. The van der Waals surface area contributed by atoms with Crippen molar-refractivity contribution in [3.63, 3.8) is 0 Å². The third kappa shape index (κ3) is 4.96. The molecule has 1 fully saturated rings. The molecule has 0 aromatic heterocycles. The van der Waals surface area contributed by atoms with Gasteiger partial charge in [0.05, 0.1) is 5.60 Å². The molecule has 0 unspecified atom stereocenters. The first-order chi connectivity index (χ1) is 7.16. The lowest BCUT2D eigenvalue weighted by molar-refractivity contribution is -0.0154. The van der Waals surface area contributed by atoms with Gasteiger partial charge in [-0.1, -0.05) is 19.8 Å². The normalized spacial score (nSPS) is 20.8. The maximum Gasteiger partial charge on any atom is 0.0798 e. The van der Waals surface area contributed by atoms with Crippen LogP contribution in [0.4, 0.5) is 0 Å². The molecule has 0 saturated carbocycles. The number of nitrogens with zero attached hydrogens (tertiary/aromatic N) is 1. The standard InChI is InChI=1S/C12H26N2O/c1-3-4-5-10-14(2)11-12(15)6-8-13-9-7-12/h13,15H,3-11H2,1-2H3. The van der Waals surface area contributed by atoms with E-state index in [0.29, 0.717) is 0 Å². The number of aliphatic hydroxyl groups is 1. The van der Waals surface area contributed by atoms with Gasteiger partial charge in [-0.3, -0.25) is 0 Å². The molecule has 1 aliphatic heterocycles. The summed E-state index contributed by atoms with van der Waals surface area (Å²) in [6.07, 6.45) is 5.60. The van der Waals surface area contributed by atoms with Crippen LogP contribution in [0.5, 0.6) is 0 Å². The Bertz CT molecular complexity index is 167. The fourth-order valence-electron chi connectivity index (χ4n) is 2.26. The largest absolute Gasteiger partial charge is 0.388 e. The third-order valence-electron chi connectivity index (χ3n) is 3.24. The van der Waals surface area contributed by atoms with Crippen molar-refractivity contribution in [2.24, 2.45) is 0 Å². The van der Waals surface area contributed by atoms with Crippen LogP contribution in [0.2, 0.25) is 0 Å². The number of unbranched alkanes of at least 4 members (excludes halogenated alkanes) is 2. The number of likely N-dealkylation sites (N-methyl/N-ethyl adjacent to an activating group) is 1. The smallest absolute Gasteiger partial charge is 0.0798 e. The molecule has 15 heavy (non-hydrogen) atoms. The SMILES string of the molecule is CCCCCN(C)CC1(O)CCNCC1. The predicted molar refractivity (Wildman–Crippen MR) is 64.1 cm³/mol. The van der Waals surface area contributed by atoms with Crippen LogP contribution in [0, 0.1) is 0 Å². The summed E-state index contributed by atoms with van der Waals surface area (Å²) in [6, 6.07) is 0. The molecular weight excluding hydrogens is 188 g/mol. The van der Waals surface area contributed by atoms with Crippen LogP contribution in [0.25, 0.3) is 0 Å². The summed E-state index contributed by atoms with van der Waals surface area (Å²) in [5.41, 5.74) is -0.438. The minimum atomic E-state index is -0.438. The van der Waals surface area contributed by atoms with E-state index in [1.807, 2.05) is 0 Å². The molecule has 0 aromatic rings. The van der Waals surface area contributed by atoms with E-state index in [-0.39, 0.29) is 0 Å². The predicted octanol–water partition coefficient (Wildman–Crippen LogP) is 1.22. The van der Waals surface area contributed by atoms with Gasteiger partial charge in [0, 0.05) is 6.54 Å². The van der Waals surface area contributed by atoms with Gasteiger partial charge in [0.25, 0.3) is 0 Å². The molecule has 2 N–H and O–H groups in total. The average molecular weight is 214 g/mol. The van der Waals surface area contributed by atoms with Crippen molar-refractivity contribution in [3.8, 4) is 0 Å². The van der Waals surface area contributed by atoms with Gasteiger partial charge in [-0.25, -0.2) is 0 Å². The van der Waals surface area contributed by atoms with Gasteiger partial charge >= 0.3 is 0 Å². The van der Waals surface area contributed by atoms with E-state index in [1.54, 1.807) is 0 Å². The zero-order chi connectivity index (χ0) is 11.1. The van der Waals surface area contributed by atoms with Gasteiger partial charge in [-0.05, 0) is 45.9 Å². The molecule has 0 bridgehead atoms. The molecule has 3 nitrogen and oxygen atoms in total. The van der Waals surface area contributed by atoms with Gasteiger partial charge < -0.3 is 15.3 Å². The van der Waals surface area contributed by atoms with E-state index in [0.717, 1.165) is 39.0 Å². The van der Waals surface area contributed by atoms with Crippen LogP contribution < -0.4 is 5.32 Å². The minimum Gasteiger partial charge on any atom is -0.388 e. The molecule has 1 heterocycles. The molecule has 1 saturated heterocycles. The van der Waals surface area contributed by atoms with E-state index in [9.17, 15) is 5.11 Å². The summed E-state index contributed by atoms with van der Waals surface area (Å²) in [5, 5.41) is 13.6. The van der Waals surface area contributed by atoms with Gasteiger partial charge in [0.15, 0.2) is 0 Å². The monoisotopic (exact) mass is 214 g/mol. The maximum absolute atomic E-state index is 10.3. The number of rotatable bonds is 6.